The van der Waals surface area contributed by atoms with Crippen molar-refractivity contribution >= 4 is 0 Å². The van der Waals surface area contributed by atoms with E-state index in [1.54, 1.807) is 42.5 Å². The van der Waals surface area contributed by atoms with Gasteiger partial charge in [-0.2, -0.15) is 22.7 Å². The lowest BCUT2D eigenvalue weighted by Gasteiger charge is -2.24. The lowest BCUT2D eigenvalue weighted by atomic mass is 9.84. The summed E-state index contributed by atoms with van der Waals surface area (Å²) in [6, 6.07) is 12.7. The third-order valence-electron chi connectivity index (χ3n) is 4.77. The zero-order valence-electron chi connectivity index (χ0n) is 16.5. The molecule has 0 atom stereocenters. The Labute approximate surface area is 174 Å². The van der Waals surface area contributed by atoms with Crippen LogP contribution in [-0.2, 0) is 11.6 Å². The van der Waals surface area contributed by atoms with Crippen LogP contribution in [0.15, 0.2) is 60.9 Å². The fraction of sp³-hybridized carbons (Fsp3) is 0.190. The van der Waals surface area contributed by atoms with E-state index < -0.39 is 23.4 Å². The molecule has 0 aliphatic heterocycles. The van der Waals surface area contributed by atoms with E-state index in [0.717, 1.165) is 10.7 Å². The van der Waals surface area contributed by atoms with Gasteiger partial charge in [0, 0.05) is 17.8 Å². The van der Waals surface area contributed by atoms with Crippen molar-refractivity contribution in [2.75, 3.05) is 0 Å². The smallest absolute Gasteiger partial charge is 0.250 e. The molecule has 4 rings (SSSR count). The molecule has 0 aliphatic carbocycles. The SMILES string of the molecule is CC(C)(c1cccc(-c2ccnc(F)n2)n1)c1cccc(-n2ccc(C(F)(F)F)n2)n1. The maximum Gasteiger partial charge on any atom is 0.435 e. The largest absolute Gasteiger partial charge is 0.435 e. The minimum absolute atomic E-state index is 0.245. The number of aromatic nitrogens is 6. The summed E-state index contributed by atoms with van der Waals surface area (Å²) in [6.07, 6.45) is -2.87. The van der Waals surface area contributed by atoms with Crippen LogP contribution in [0.5, 0.6) is 0 Å². The normalized spacial score (nSPS) is 12.2. The third kappa shape index (κ3) is 4.14. The standard InChI is InChI=1S/C21H16F4N6/c1-20(2,15-6-3-5-13(27-15)14-9-11-26-19(22)28-14)16-7-4-8-18(29-16)31-12-10-17(30-31)21(23,24)25/h3-12H,1-2H3. The molecule has 0 radical (unpaired) electrons. The Kier molecular flexibility index (Phi) is 5.00. The Balaban J connectivity index is 1.71. The van der Waals surface area contributed by atoms with Gasteiger partial charge in [0.25, 0.3) is 0 Å². The van der Waals surface area contributed by atoms with Crippen LogP contribution in [0.2, 0.25) is 0 Å². The van der Waals surface area contributed by atoms with Gasteiger partial charge in [0.15, 0.2) is 11.5 Å². The number of rotatable bonds is 4. The van der Waals surface area contributed by atoms with E-state index in [0.29, 0.717) is 22.8 Å². The summed E-state index contributed by atoms with van der Waals surface area (Å²) in [5.41, 5.74) is 0.300. The van der Waals surface area contributed by atoms with Crippen LogP contribution >= 0.6 is 0 Å². The van der Waals surface area contributed by atoms with Crippen molar-refractivity contribution in [3.05, 3.63) is 84.1 Å². The molecule has 0 aliphatic rings. The average molecular weight is 428 g/mol. The summed E-state index contributed by atoms with van der Waals surface area (Å²) in [6.45, 7) is 3.77. The highest BCUT2D eigenvalue weighted by Crippen LogP contribution is 2.31. The number of alkyl halides is 3. The van der Waals surface area contributed by atoms with Crippen LogP contribution in [0, 0.1) is 6.08 Å². The van der Waals surface area contributed by atoms with E-state index in [9.17, 15) is 17.6 Å². The maximum absolute atomic E-state index is 13.4. The van der Waals surface area contributed by atoms with Gasteiger partial charge in [-0.05, 0) is 50.2 Å². The average Bonchev–Trinajstić information content (AvgIpc) is 3.25. The monoisotopic (exact) mass is 428 g/mol. The van der Waals surface area contributed by atoms with Gasteiger partial charge in [0.2, 0.25) is 0 Å². The van der Waals surface area contributed by atoms with Crippen LogP contribution in [0.25, 0.3) is 17.2 Å². The van der Waals surface area contributed by atoms with Crippen LogP contribution in [-0.4, -0.2) is 29.7 Å². The second kappa shape index (κ2) is 7.53. The first-order chi connectivity index (χ1) is 14.6. The van der Waals surface area contributed by atoms with E-state index in [2.05, 4.69) is 25.0 Å². The van der Waals surface area contributed by atoms with Gasteiger partial charge in [-0.3, -0.25) is 4.98 Å². The predicted molar refractivity (Wildman–Crippen MR) is 104 cm³/mol. The molecule has 0 aromatic carbocycles. The molecule has 0 unspecified atom stereocenters. The van der Waals surface area contributed by atoms with Gasteiger partial charge in [-0.15, -0.1) is 0 Å². The van der Waals surface area contributed by atoms with Crippen LogP contribution in [0.1, 0.15) is 30.9 Å². The molecule has 0 saturated carbocycles. The number of hydrogen-bond donors (Lipinski definition) is 0. The molecule has 0 bridgehead atoms. The molecule has 0 spiro atoms. The molecule has 0 fully saturated rings. The van der Waals surface area contributed by atoms with Gasteiger partial charge >= 0.3 is 12.3 Å². The second-order valence-corrected chi connectivity index (χ2v) is 7.27. The van der Waals surface area contributed by atoms with E-state index in [1.807, 2.05) is 13.8 Å². The topological polar surface area (TPSA) is 69.4 Å². The molecule has 158 valence electrons. The highest BCUT2D eigenvalue weighted by molar-refractivity contribution is 5.54. The number of nitrogens with zero attached hydrogens (tertiary/aromatic N) is 6. The molecular formula is C21H16F4N6. The fourth-order valence-corrected chi connectivity index (χ4v) is 3.04. The van der Waals surface area contributed by atoms with Crippen LogP contribution in [0.3, 0.4) is 0 Å². The molecule has 4 aromatic rings. The Morgan fingerprint density at radius 1 is 0.774 bits per heavy atom. The first kappa shape index (κ1) is 20.6. The summed E-state index contributed by atoms with van der Waals surface area (Å²) in [5, 5.41) is 3.57. The van der Waals surface area contributed by atoms with Gasteiger partial charge in [0.1, 0.15) is 0 Å². The number of hydrogen-bond acceptors (Lipinski definition) is 5. The van der Waals surface area contributed by atoms with E-state index >= 15 is 0 Å². The molecule has 6 nitrogen and oxygen atoms in total. The third-order valence-corrected chi connectivity index (χ3v) is 4.77. The summed E-state index contributed by atoms with van der Waals surface area (Å²) in [4.78, 5) is 16.3. The molecular weight excluding hydrogens is 412 g/mol. The van der Waals surface area contributed by atoms with Crippen LogP contribution < -0.4 is 0 Å². The van der Waals surface area contributed by atoms with Gasteiger partial charge < -0.3 is 0 Å². The van der Waals surface area contributed by atoms with Crippen molar-refractivity contribution in [1.82, 2.24) is 29.7 Å². The fourth-order valence-electron chi connectivity index (χ4n) is 3.04. The number of halogens is 4. The molecule has 4 aromatic heterocycles. The Hall–Kier alpha value is -3.69. The zero-order valence-corrected chi connectivity index (χ0v) is 16.5. The Morgan fingerprint density at radius 3 is 2.13 bits per heavy atom. The lowest BCUT2D eigenvalue weighted by molar-refractivity contribution is -0.141. The summed E-state index contributed by atoms with van der Waals surface area (Å²) < 4.78 is 53.1. The predicted octanol–water partition coefficient (Wildman–Crippen LogP) is 4.60. The first-order valence-corrected chi connectivity index (χ1v) is 9.22. The summed E-state index contributed by atoms with van der Waals surface area (Å²) in [7, 11) is 0. The molecule has 10 heteroatoms. The highest BCUT2D eigenvalue weighted by Gasteiger charge is 2.34. The second-order valence-electron chi connectivity index (χ2n) is 7.27. The molecule has 31 heavy (non-hydrogen) atoms. The zero-order chi connectivity index (χ0) is 22.2. The first-order valence-electron chi connectivity index (χ1n) is 9.22. The van der Waals surface area contributed by atoms with E-state index in [4.69, 9.17) is 0 Å². The van der Waals surface area contributed by atoms with Crippen LogP contribution in [0.4, 0.5) is 17.6 Å². The quantitative estimate of drug-likeness (QED) is 0.351. The number of pyridine rings is 2. The molecule has 4 heterocycles. The van der Waals surface area contributed by atoms with Crippen molar-refractivity contribution in [3.8, 4) is 17.2 Å². The van der Waals surface area contributed by atoms with E-state index in [-0.39, 0.29) is 5.82 Å². The summed E-state index contributed by atoms with van der Waals surface area (Å²) >= 11 is 0. The lowest BCUT2D eigenvalue weighted by Crippen LogP contribution is -2.23. The van der Waals surface area contributed by atoms with Gasteiger partial charge in [0.05, 0.1) is 22.8 Å². The highest BCUT2D eigenvalue weighted by atomic mass is 19.4. The van der Waals surface area contributed by atoms with Crippen molar-refractivity contribution in [1.29, 1.82) is 0 Å². The Morgan fingerprint density at radius 2 is 1.45 bits per heavy atom. The van der Waals surface area contributed by atoms with Crippen molar-refractivity contribution in [3.63, 3.8) is 0 Å². The van der Waals surface area contributed by atoms with Gasteiger partial charge in [-0.1, -0.05) is 12.1 Å². The molecule has 0 N–H and O–H groups in total. The summed E-state index contributed by atoms with van der Waals surface area (Å²) in [5.74, 6) is 0.245. The molecule has 0 amide bonds. The van der Waals surface area contributed by atoms with Crippen molar-refractivity contribution < 1.29 is 17.6 Å². The van der Waals surface area contributed by atoms with E-state index in [1.165, 1.54) is 12.4 Å². The maximum atomic E-state index is 13.4. The van der Waals surface area contributed by atoms with Gasteiger partial charge in [-0.25, -0.2) is 19.6 Å². The minimum atomic E-state index is -4.53. The van der Waals surface area contributed by atoms with Crippen molar-refractivity contribution in [2.45, 2.75) is 25.4 Å². The molecule has 0 saturated heterocycles. The van der Waals surface area contributed by atoms with Crippen molar-refractivity contribution in [2.24, 2.45) is 0 Å². The minimum Gasteiger partial charge on any atom is -0.250 e. The Bertz CT molecular complexity index is 1230.